The smallest absolute Gasteiger partial charge is 0.338 e. The summed E-state index contributed by atoms with van der Waals surface area (Å²) in [6, 6.07) is 15.1. The van der Waals surface area contributed by atoms with Crippen molar-refractivity contribution in [1.82, 2.24) is 5.32 Å². The first kappa shape index (κ1) is 18.1. The van der Waals surface area contributed by atoms with Crippen LogP contribution in [0.25, 0.3) is 0 Å². The number of hydrogen-bond donors (Lipinski definition) is 1. The van der Waals surface area contributed by atoms with Gasteiger partial charge in [-0.2, -0.15) is 0 Å². The minimum absolute atomic E-state index is 0.0144. The van der Waals surface area contributed by atoms with Crippen molar-refractivity contribution in [3.05, 3.63) is 70.8 Å². The normalized spacial score (nSPS) is 15.8. The highest BCUT2D eigenvalue weighted by molar-refractivity contribution is 5.91. The molecule has 1 aliphatic rings. The van der Waals surface area contributed by atoms with Crippen molar-refractivity contribution in [2.24, 2.45) is 0 Å². The third-order valence-corrected chi connectivity index (χ3v) is 4.54. The first-order chi connectivity index (χ1) is 12.7. The van der Waals surface area contributed by atoms with Crippen LogP contribution in [0.2, 0.25) is 0 Å². The Hall–Kier alpha value is -2.66. The van der Waals surface area contributed by atoms with Gasteiger partial charge in [-0.15, -0.1) is 0 Å². The van der Waals surface area contributed by atoms with E-state index in [1.54, 1.807) is 31.4 Å². The second kappa shape index (κ2) is 8.63. The molecule has 0 bridgehead atoms. The Morgan fingerprint density at radius 1 is 1.12 bits per heavy atom. The largest absolute Gasteiger partial charge is 0.452 e. The number of nitrogens with one attached hydrogen (secondary N) is 1. The fourth-order valence-electron chi connectivity index (χ4n) is 3.26. The Kier molecular flexibility index (Phi) is 6.02. The van der Waals surface area contributed by atoms with E-state index in [1.165, 1.54) is 5.56 Å². The number of hydrogen-bond acceptors (Lipinski definition) is 4. The molecule has 0 aromatic heterocycles. The molecule has 136 valence electrons. The molecular weight excluding hydrogens is 330 g/mol. The molecular formula is C21H23NO4. The second-order valence-electron chi connectivity index (χ2n) is 6.42. The molecule has 0 saturated carbocycles. The predicted octanol–water partition coefficient (Wildman–Crippen LogP) is 3.18. The maximum absolute atomic E-state index is 12.2. The number of amides is 1. The van der Waals surface area contributed by atoms with E-state index >= 15 is 0 Å². The van der Waals surface area contributed by atoms with Gasteiger partial charge >= 0.3 is 5.97 Å². The molecule has 0 heterocycles. The highest BCUT2D eigenvalue weighted by Crippen LogP contribution is 2.29. The van der Waals surface area contributed by atoms with Crippen LogP contribution in [0.1, 0.15) is 45.9 Å². The van der Waals surface area contributed by atoms with Gasteiger partial charge in [-0.25, -0.2) is 4.79 Å². The minimum atomic E-state index is -0.506. The molecule has 2 aromatic carbocycles. The lowest BCUT2D eigenvalue weighted by molar-refractivity contribution is -0.125. The summed E-state index contributed by atoms with van der Waals surface area (Å²) in [7, 11) is 1.62. The van der Waals surface area contributed by atoms with Gasteiger partial charge < -0.3 is 14.8 Å². The van der Waals surface area contributed by atoms with Gasteiger partial charge in [-0.3, -0.25) is 4.79 Å². The van der Waals surface area contributed by atoms with Crippen molar-refractivity contribution in [1.29, 1.82) is 0 Å². The monoisotopic (exact) mass is 353 g/mol. The van der Waals surface area contributed by atoms with Gasteiger partial charge in [-0.1, -0.05) is 36.4 Å². The molecule has 3 rings (SSSR count). The fraction of sp³-hybridized carbons (Fsp3) is 0.333. The van der Waals surface area contributed by atoms with Crippen LogP contribution in [0.5, 0.6) is 0 Å². The zero-order valence-electron chi connectivity index (χ0n) is 14.9. The summed E-state index contributed by atoms with van der Waals surface area (Å²) in [5.74, 6) is -0.788. The van der Waals surface area contributed by atoms with Gasteiger partial charge in [0.1, 0.15) is 0 Å². The van der Waals surface area contributed by atoms with E-state index in [1.807, 2.05) is 18.2 Å². The highest BCUT2D eigenvalue weighted by Gasteiger charge is 2.21. The Morgan fingerprint density at radius 2 is 1.88 bits per heavy atom. The fourth-order valence-corrected chi connectivity index (χ4v) is 3.26. The van der Waals surface area contributed by atoms with E-state index in [2.05, 4.69) is 11.4 Å². The maximum Gasteiger partial charge on any atom is 0.338 e. The van der Waals surface area contributed by atoms with E-state index in [9.17, 15) is 9.59 Å². The molecule has 0 aliphatic heterocycles. The number of esters is 1. The summed E-state index contributed by atoms with van der Waals surface area (Å²) in [5.41, 5.74) is 3.82. The van der Waals surface area contributed by atoms with Gasteiger partial charge in [0.25, 0.3) is 5.91 Å². The van der Waals surface area contributed by atoms with Crippen molar-refractivity contribution >= 4 is 11.9 Å². The standard InChI is InChI=1S/C21H23NO4/c1-25-13-15-9-11-17(12-10-15)21(24)26-14-20(23)22-19-8-4-6-16-5-2-3-7-18(16)19/h2-3,5,7,9-12,19H,4,6,8,13-14H2,1H3,(H,22,23)/t19-/m0/s1. The summed E-state index contributed by atoms with van der Waals surface area (Å²) in [5, 5.41) is 2.98. The molecule has 1 N–H and O–H groups in total. The lowest BCUT2D eigenvalue weighted by Gasteiger charge is -2.26. The molecule has 0 spiro atoms. The van der Waals surface area contributed by atoms with E-state index in [-0.39, 0.29) is 18.6 Å². The van der Waals surface area contributed by atoms with Crippen LogP contribution in [-0.4, -0.2) is 25.6 Å². The van der Waals surface area contributed by atoms with Gasteiger partial charge in [0.15, 0.2) is 6.61 Å². The molecule has 2 aromatic rings. The summed E-state index contributed by atoms with van der Waals surface area (Å²) in [6.45, 7) is 0.206. The summed E-state index contributed by atoms with van der Waals surface area (Å²) >= 11 is 0. The lowest BCUT2D eigenvalue weighted by Crippen LogP contribution is -2.34. The first-order valence-corrected chi connectivity index (χ1v) is 8.79. The van der Waals surface area contributed by atoms with Crippen LogP contribution < -0.4 is 5.32 Å². The van der Waals surface area contributed by atoms with Crippen LogP contribution in [-0.2, 0) is 27.3 Å². The number of rotatable bonds is 6. The van der Waals surface area contributed by atoms with Crippen LogP contribution in [0.4, 0.5) is 0 Å². The molecule has 5 nitrogen and oxygen atoms in total. The summed E-state index contributed by atoms with van der Waals surface area (Å²) in [4.78, 5) is 24.3. The van der Waals surface area contributed by atoms with Gasteiger partial charge in [-0.05, 0) is 48.1 Å². The topological polar surface area (TPSA) is 64.6 Å². The average molecular weight is 353 g/mol. The summed E-state index contributed by atoms with van der Waals surface area (Å²) < 4.78 is 10.2. The van der Waals surface area contributed by atoms with Gasteiger partial charge in [0, 0.05) is 7.11 Å². The Labute approximate surface area is 153 Å². The SMILES string of the molecule is COCc1ccc(C(=O)OCC(=O)N[C@H]2CCCc3ccccc32)cc1. The van der Waals surface area contributed by atoms with Gasteiger partial charge in [0.2, 0.25) is 0 Å². The average Bonchev–Trinajstić information content (AvgIpc) is 2.67. The van der Waals surface area contributed by atoms with Crippen molar-refractivity contribution in [3.8, 4) is 0 Å². The Balaban J connectivity index is 1.52. The van der Waals surface area contributed by atoms with E-state index in [0.29, 0.717) is 12.2 Å². The van der Waals surface area contributed by atoms with Crippen molar-refractivity contribution in [3.63, 3.8) is 0 Å². The number of aryl methyl sites for hydroxylation is 1. The molecule has 1 atom stereocenters. The van der Waals surface area contributed by atoms with Crippen molar-refractivity contribution < 1.29 is 19.1 Å². The number of fused-ring (bicyclic) bond motifs is 1. The summed E-state index contributed by atoms with van der Waals surface area (Å²) in [6.07, 6.45) is 2.98. The number of carbonyl (C=O) groups excluding carboxylic acids is 2. The number of methoxy groups -OCH3 is 1. The lowest BCUT2D eigenvalue weighted by atomic mass is 9.88. The Morgan fingerprint density at radius 3 is 2.65 bits per heavy atom. The molecule has 0 radical (unpaired) electrons. The highest BCUT2D eigenvalue weighted by atomic mass is 16.5. The van der Waals surface area contributed by atoms with E-state index < -0.39 is 5.97 Å². The van der Waals surface area contributed by atoms with Crippen LogP contribution in [0, 0.1) is 0 Å². The number of carbonyl (C=O) groups is 2. The molecule has 0 fully saturated rings. The second-order valence-corrected chi connectivity index (χ2v) is 6.42. The number of benzene rings is 2. The molecule has 0 unspecified atom stereocenters. The molecule has 26 heavy (non-hydrogen) atoms. The van der Waals surface area contributed by atoms with Crippen molar-refractivity contribution in [2.45, 2.75) is 31.9 Å². The van der Waals surface area contributed by atoms with Gasteiger partial charge in [0.05, 0.1) is 18.2 Å². The quantitative estimate of drug-likeness (QED) is 0.810. The van der Waals surface area contributed by atoms with Crippen LogP contribution >= 0.6 is 0 Å². The van der Waals surface area contributed by atoms with Crippen LogP contribution in [0.3, 0.4) is 0 Å². The number of ether oxygens (including phenoxy) is 2. The van der Waals surface area contributed by atoms with Crippen LogP contribution in [0.15, 0.2) is 48.5 Å². The third-order valence-electron chi connectivity index (χ3n) is 4.54. The minimum Gasteiger partial charge on any atom is -0.452 e. The molecule has 1 aliphatic carbocycles. The third kappa shape index (κ3) is 4.49. The zero-order chi connectivity index (χ0) is 18.4. The molecule has 1 amide bonds. The molecule has 0 saturated heterocycles. The maximum atomic E-state index is 12.2. The Bertz CT molecular complexity index is 770. The predicted molar refractivity (Wildman–Crippen MR) is 97.7 cm³/mol. The first-order valence-electron chi connectivity index (χ1n) is 8.79. The van der Waals surface area contributed by atoms with E-state index in [0.717, 1.165) is 30.4 Å². The van der Waals surface area contributed by atoms with E-state index in [4.69, 9.17) is 9.47 Å². The zero-order valence-corrected chi connectivity index (χ0v) is 14.9. The van der Waals surface area contributed by atoms with Crippen molar-refractivity contribution in [2.75, 3.05) is 13.7 Å². The molecule has 5 heteroatoms.